The minimum Gasteiger partial charge on any atom is -0.444 e. The number of likely N-dealkylation sites (N-methyl/N-ethyl adjacent to an activating group) is 1. The molecule has 1 aliphatic carbocycles. The summed E-state index contributed by atoms with van der Waals surface area (Å²) in [5.41, 5.74) is 0.493. The highest BCUT2D eigenvalue weighted by molar-refractivity contribution is 7.20. The third kappa shape index (κ3) is 8.33. The molecule has 0 aromatic carbocycles. The topological polar surface area (TPSA) is 92.2 Å². The van der Waals surface area contributed by atoms with Gasteiger partial charge >= 0.3 is 12.2 Å². The maximum Gasteiger partial charge on any atom is 0.415 e. The molecule has 236 valence electrons. The van der Waals surface area contributed by atoms with Gasteiger partial charge in [0.15, 0.2) is 0 Å². The smallest absolute Gasteiger partial charge is 0.415 e. The van der Waals surface area contributed by atoms with Crippen molar-refractivity contribution in [3.05, 3.63) is 56.2 Å². The summed E-state index contributed by atoms with van der Waals surface area (Å²) in [5, 5.41) is 11.7. The van der Waals surface area contributed by atoms with Crippen LogP contribution >= 0.6 is 34.3 Å². The van der Waals surface area contributed by atoms with Crippen LogP contribution in [0, 0.1) is 11.8 Å². The number of thiophene rings is 2. The normalized spacial score (nSPS) is 16.8. The van der Waals surface area contributed by atoms with Crippen LogP contribution in [0.1, 0.15) is 82.0 Å². The SMILES string of the molecule is CN(C(=O)OC(C)(C)C)C1CC=CCC1c1sc2c(N(Cc3cccs3)C(=O)OC(C)(C)C)cc(Cl)nc2c1C#CCCO. The summed E-state index contributed by atoms with van der Waals surface area (Å²) in [6.45, 7) is 11.3. The van der Waals surface area contributed by atoms with Crippen molar-refractivity contribution >= 4 is 62.4 Å². The van der Waals surface area contributed by atoms with Crippen molar-refractivity contribution < 1.29 is 24.2 Å². The summed E-state index contributed by atoms with van der Waals surface area (Å²) in [5.74, 6) is 6.20. The number of ether oxygens (including phenoxy) is 2. The van der Waals surface area contributed by atoms with Crippen molar-refractivity contribution in [3.8, 4) is 11.8 Å². The van der Waals surface area contributed by atoms with Gasteiger partial charge in [-0.05, 0) is 65.8 Å². The molecule has 3 aromatic rings. The average molecular weight is 658 g/mol. The van der Waals surface area contributed by atoms with Gasteiger partial charge in [0.25, 0.3) is 0 Å². The number of halogens is 1. The average Bonchev–Trinajstić information content (AvgIpc) is 3.57. The number of anilines is 1. The summed E-state index contributed by atoms with van der Waals surface area (Å²) in [4.78, 5) is 36.8. The number of rotatable bonds is 6. The predicted octanol–water partition coefficient (Wildman–Crippen LogP) is 8.36. The minimum absolute atomic E-state index is 0.0761. The Morgan fingerprint density at radius 3 is 2.43 bits per heavy atom. The number of hydrogen-bond acceptors (Lipinski definition) is 8. The number of carbonyl (C=O) groups excluding carboxylic acids is 2. The summed E-state index contributed by atoms with van der Waals surface area (Å²) in [6.07, 6.45) is 4.90. The van der Waals surface area contributed by atoms with E-state index < -0.39 is 23.4 Å². The van der Waals surface area contributed by atoms with Crippen LogP contribution in [0.25, 0.3) is 10.2 Å². The number of fused-ring (bicyclic) bond motifs is 1. The number of pyridine rings is 1. The van der Waals surface area contributed by atoms with Gasteiger partial charge < -0.3 is 19.5 Å². The standard InChI is InChI=1S/C33H40ClN3O5S2/c1-32(2,3)41-30(39)36(7)24-16-9-8-14-22(24)28-23(15-10-11-17-38)27-29(44-28)25(19-26(34)35-27)37(20-21-13-12-18-43-21)31(40)42-33(4,5)6/h8-9,12-13,18-19,22,24,38H,11,14,16-17,20H2,1-7H3. The lowest BCUT2D eigenvalue weighted by molar-refractivity contribution is 0.0196. The Morgan fingerprint density at radius 1 is 1.11 bits per heavy atom. The summed E-state index contributed by atoms with van der Waals surface area (Å²) in [6, 6.07) is 5.41. The maximum atomic E-state index is 13.7. The number of aromatic nitrogens is 1. The van der Waals surface area contributed by atoms with Crippen molar-refractivity contribution in [1.29, 1.82) is 0 Å². The molecule has 1 N–H and O–H groups in total. The molecule has 3 heterocycles. The van der Waals surface area contributed by atoms with Crippen molar-refractivity contribution in [2.24, 2.45) is 0 Å². The fourth-order valence-electron chi connectivity index (χ4n) is 4.93. The minimum atomic E-state index is -0.712. The first-order valence-corrected chi connectivity index (χ1v) is 16.6. The Kier molecular flexibility index (Phi) is 10.7. The highest BCUT2D eigenvalue weighted by Gasteiger charge is 2.36. The second-order valence-electron chi connectivity index (χ2n) is 12.6. The molecule has 4 rings (SSSR count). The number of hydrogen-bond donors (Lipinski definition) is 1. The Morgan fingerprint density at radius 2 is 1.80 bits per heavy atom. The largest absolute Gasteiger partial charge is 0.444 e. The molecule has 0 spiro atoms. The second-order valence-corrected chi connectivity index (χ2v) is 15.1. The van der Waals surface area contributed by atoms with E-state index in [0.717, 1.165) is 14.5 Å². The Balaban J connectivity index is 1.90. The zero-order valence-corrected chi connectivity index (χ0v) is 28.7. The number of nitrogens with zero attached hydrogens (tertiary/aromatic N) is 3. The quantitative estimate of drug-likeness (QED) is 0.163. The molecule has 11 heteroatoms. The van der Waals surface area contributed by atoms with Crippen LogP contribution in [0.2, 0.25) is 5.15 Å². The molecule has 0 fully saturated rings. The summed E-state index contributed by atoms with van der Waals surface area (Å²) >= 11 is 9.70. The molecule has 2 unspecified atom stereocenters. The number of amides is 2. The van der Waals surface area contributed by atoms with Crippen molar-refractivity contribution in [3.63, 3.8) is 0 Å². The summed E-state index contributed by atoms with van der Waals surface area (Å²) in [7, 11) is 1.77. The van der Waals surface area contributed by atoms with E-state index in [0.29, 0.717) is 36.0 Å². The van der Waals surface area contributed by atoms with E-state index in [2.05, 4.69) is 24.0 Å². The molecule has 1 aliphatic rings. The number of carbonyl (C=O) groups is 2. The van der Waals surface area contributed by atoms with Crippen LogP contribution in [-0.2, 0) is 16.0 Å². The molecule has 44 heavy (non-hydrogen) atoms. The van der Waals surface area contributed by atoms with Gasteiger partial charge in [0.1, 0.15) is 21.9 Å². The molecule has 0 aliphatic heterocycles. The van der Waals surface area contributed by atoms with Crippen LogP contribution in [-0.4, -0.2) is 58.1 Å². The third-order valence-electron chi connectivity index (χ3n) is 6.78. The van der Waals surface area contributed by atoms with Crippen LogP contribution in [0.3, 0.4) is 0 Å². The maximum absolute atomic E-state index is 13.7. The molecule has 0 saturated heterocycles. The van der Waals surface area contributed by atoms with Crippen molar-refractivity contribution in [2.75, 3.05) is 18.6 Å². The lowest BCUT2D eigenvalue weighted by Crippen LogP contribution is -2.44. The van der Waals surface area contributed by atoms with Gasteiger partial charge in [0, 0.05) is 41.2 Å². The van der Waals surface area contributed by atoms with Gasteiger partial charge in [-0.25, -0.2) is 14.6 Å². The van der Waals surface area contributed by atoms with Crippen molar-refractivity contribution in [1.82, 2.24) is 9.88 Å². The molecule has 0 radical (unpaired) electrons. The van der Waals surface area contributed by atoms with E-state index in [1.54, 1.807) is 34.3 Å². The highest BCUT2D eigenvalue weighted by Crippen LogP contribution is 2.46. The van der Waals surface area contributed by atoms with Gasteiger partial charge in [-0.3, -0.25) is 4.90 Å². The lowest BCUT2D eigenvalue weighted by atomic mass is 9.85. The molecule has 0 saturated carbocycles. The lowest BCUT2D eigenvalue weighted by Gasteiger charge is -2.36. The number of allylic oxidation sites excluding steroid dienone is 1. The zero-order chi connectivity index (χ0) is 32.2. The molecule has 8 nitrogen and oxygen atoms in total. The van der Waals surface area contributed by atoms with Gasteiger partial charge in [0.05, 0.1) is 29.1 Å². The summed E-state index contributed by atoms with van der Waals surface area (Å²) < 4.78 is 12.3. The number of aliphatic hydroxyl groups is 1. The second kappa shape index (κ2) is 13.9. The molecule has 3 aromatic heterocycles. The fourth-order valence-corrected chi connectivity index (χ4v) is 7.20. The van der Waals surface area contributed by atoms with Gasteiger partial charge in [0.2, 0.25) is 0 Å². The molecular weight excluding hydrogens is 618 g/mol. The van der Waals surface area contributed by atoms with E-state index in [-0.39, 0.29) is 30.3 Å². The third-order valence-corrected chi connectivity index (χ3v) is 9.17. The van der Waals surface area contributed by atoms with Crippen LogP contribution in [0.15, 0.2) is 35.7 Å². The zero-order valence-electron chi connectivity index (χ0n) is 26.3. The molecule has 2 atom stereocenters. The Hall–Kier alpha value is -3.10. The van der Waals surface area contributed by atoms with Crippen LogP contribution < -0.4 is 4.90 Å². The first-order valence-electron chi connectivity index (χ1n) is 14.5. The Labute approximate surface area is 272 Å². The van der Waals surface area contributed by atoms with Gasteiger partial charge in [-0.15, -0.1) is 22.7 Å². The predicted molar refractivity (Wildman–Crippen MR) is 179 cm³/mol. The monoisotopic (exact) mass is 657 g/mol. The van der Waals surface area contributed by atoms with E-state index in [4.69, 9.17) is 26.1 Å². The fraction of sp³-hybridized carbons (Fsp3) is 0.485. The van der Waals surface area contributed by atoms with Gasteiger partial charge in [-0.1, -0.05) is 41.7 Å². The van der Waals surface area contributed by atoms with Crippen LogP contribution in [0.5, 0.6) is 0 Å². The molecular formula is C33H40ClN3O5S2. The van der Waals surface area contributed by atoms with E-state index in [1.807, 2.05) is 59.1 Å². The Bertz CT molecular complexity index is 1570. The van der Waals surface area contributed by atoms with E-state index in [9.17, 15) is 14.7 Å². The molecule has 2 amide bonds. The van der Waals surface area contributed by atoms with E-state index in [1.165, 1.54) is 11.3 Å². The van der Waals surface area contributed by atoms with E-state index >= 15 is 0 Å². The first-order chi connectivity index (χ1) is 20.7. The van der Waals surface area contributed by atoms with Gasteiger partial charge in [-0.2, -0.15) is 0 Å². The van der Waals surface area contributed by atoms with Crippen LogP contribution in [0.4, 0.5) is 15.3 Å². The number of aliphatic hydroxyl groups excluding tert-OH is 1. The van der Waals surface area contributed by atoms with Crippen molar-refractivity contribution in [2.45, 2.75) is 90.5 Å². The first kappa shape index (κ1) is 33.8. The molecule has 0 bridgehead atoms. The highest BCUT2D eigenvalue weighted by atomic mass is 35.5.